The minimum atomic E-state index is 0.104. The molecule has 3 N–H and O–H groups in total. The number of hydrogen-bond donors (Lipinski definition) is 2. The van der Waals surface area contributed by atoms with Crippen LogP contribution in [0.1, 0.15) is 30.9 Å². The zero-order valence-corrected chi connectivity index (χ0v) is 8.45. The Balaban J connectivity index is 1.84. The number of nitrogens with two attached hydrogens (primary N) is 1. The SMILES string of the molecule is NC(CN1CCCCC1)c1cn[nH]c1. The van der Waals surface area contributed by atoms with Gasteiger partial charge < -0.3 is 10.6 Å². The van der Waals surface area contributed by atoms with Crippen molar-refractivity contribution in [3.05, 3.63) is 18.0 Å². The van der Waals surface area contributed by atoms with Crippen molar-refractivity contribution in [1.29, 1.82) is 0 Å². The molecule has 4 nitrogen and oxygen atoms in total. The lowest BCUT2D eigenvalue weighted by atomic mass is 10.1. The van der Waals surface area contributed by atoms with Gasteiger partial charge in [0, 0.05) is 24.3 Å². The van der Waals surface area contributed by atoms with Crippen LogP contribution in [0.15, 0.2) is 12.4 Å². The second-order valence-corrected chi connectivity index (χ2v) is 4.00. The van der Waals surface area contributed by atoms with Gasteiger partial charge in [-0.15, -0.1) is 0 Å². The van der Waals surface area contributed by atoms with E-state index in [2.05, 4.69) is 15.1 Å². The quantitative estimate of drug-likeness (QED) is 0.751. The average molecular weight is 194 g/mol. The first-order chi connectivity index (χ1) is 6.86. The average Bonchev–Trinajstić information content (AvgIpc) is 2.72. The molecule has 78 valence electrons. The van der Waals surface area contributed by atoms with Crippen LogP contribution in [0.3, 0.4) is 0 Å². The van der Waals surface area contributed by atoms with E-state index < -0.39 is 0 Å². The number of nitrogens with one attached hydrogen (secondary N) is 1. The molecule has 0 spiro atoms. The largest absolute Gasteiger partial charge is 0.323 e. The second-order valence-electron chi connectivity index (χ2n) is 4.00. The van der Waals surface area contributed by atoms with Crippen molar-refractivity contribution in [1.82, 2.24) is 15.1 Å². The van der Waals surface area contributed by atoms with Crippen LogP contribution in [0.4, 0.5) is 0 Å². The van der Waals surface area contributed by atoms with Crippen LogP contribution in [0.2, 0.25) is 0 Å². The molecule has 2 rings (SSSR count). The van der Waals surface area contributed by atoms with Crippen molar-refractivity contribution in [2.24, 2.45) is 5.73 Å². The van der Waals surface area contributed by atoms with Gasteiger partial charge in [-0.2, -0.15) is 5.10 Å². The Morgan fingerprint density at radius 3 is 2.86 bits per heavy atom. The van der Waals surface area contributed by atoms with Gasteiger partial charge in [0.25, 0.3) is 0 Å². The summed E-state index contributed by atoms with van der Waals surface area (Å²) < 4.78 is 0. The van der Waals surface area contributed by atoms with Crippen molar-refractivity contribution >= 4 is 0 Å². The van der Waals surface area contributed by atoms with Crippen LogP contribution in [-0.4, -0.2) is 34.7 Å². The minimum absolute atomic E-state index is 0.104. The first-order valence-corrected chi connectivity index (χ1v) is 5.33. The molecule has 1 aliphatic rings. The summed E-state index contributed by atoms with van der Waals surface area (Å²) in [6.45, 7) is 3.36. The minimum Gasteiger partial charge on any atom is -0.323 e. The highest BCUT2D eigenvalue weighted by molar-refractivity contribution is 5.08. The van der Waals surface area contributed by atoms with Gasteiger partial charge in [0.05, 0.1) is 6.20 Å². The van der Waals surface area contributed by atoms with Crippen LogP contribution >= 0.6 is 0 Å². The van der Waals surface area contributed by atoms with E-state index >= 15 is 0 Å². The van der Waals surface area contributed by atoms with Gasteiger partial charge in [-0.25, -0.2) is 0 Å². The first-order valence-electron chi connectivity index (χ1n) is 5.33. The van der Waals surface area contributed by atoms with E-state index in [0.717, 1.165) is 12.1 Å². The van der Waals surface area contributed by atoms with Crippen molar-refractivity contribution in [2.45, 2.75) is 25.3 Å². The van der Waals surface area contributed by atoms with E-state index in [0.29, 0.717) is 0 Å². The number of aromatic amines is 1. The van der Waals surface area contributed by atoms with Crippen LogP contribution < -0.4 is 5.73 Å². The number of rotatable bonds is 3. The predicted molar refractivity (Wildman–Crippen MR) is 55.8 cm³/mol. The first kappa shape index (κ1) is 9.68. The standard InChI is InChI=1S/C10H18N4/c11-10(9-6-12-13-7-9)8-14-4-2-1-3-5-14/h6-7,10H,1-5,8,11H2,(H,12,13). The highest BCUT2D eigenvalue weighted by Crippen LogP contribution is 2.14. The molecule has 1 fully saturated rings. The molecule has 1 atom stereocenters. The van der Waals surface area contributed by atoms with E-state index in [1.165, 1.54) is 32.4 Å². The van der Waals surface area contributed by atoms with Crippen molar-refractivity contribution < 1.29 is 0 Å². The van der Waals surface area contributed by atoms with Crippen LogP contribution in [0, 0.1) is 0 Å². The third-order valence-corrected chi connectivity index (χ3v) is 2.85. The van der Waals surface area contributed by atoms with Crippen LogP contribution in [0.5, 0.6) is 0 Å². The number of aromatic nitrogens is 2. The lowest BCUT2D eigenvalue weighted by Crippen LogP contribution is -2.35. The monoisotopic (exact) mass is 194 g/mol. The Bertz CT molecular complexity index is 251. The number of H-pyrrole nitrogens is 1. The molecule has 14 heavy (non-hydrogen) atoms. The van der Waals surface area contributed by atoms with E-state index in [1.807, 2.05) is 12.4 Å². The maximum atomic E-state index is 6.07. The van der Waals surface area contributed by atoms with E-state index in [1.54, 1.807) is 0 Å². The molecular weight excluding hydrogens is 176 g/mol. The summed E-state index contributed by atoms with van der Waals surface area (Å²) in [5.74, 6) is 0. The summed E-state index contributed by atoms with van der Waals surface area (Å²) in [7, 11) is 0. The summed E-state index contributed by atoms with van der Waals surface area (Å²) in [5.41, 5.74) is 7.18. The lowest BCUT2D eigenvalue weighted by molar-refractivity contribution is 0.216. The lowest BCUT2D eigenvalue weighted by Gasteiger charge is -2.28. The van der Waals surface area contributed by atoms with Gasteiger partial charge in [-0.3, -0.25) is 5.10 Å². The molecule has 1 saturated heterocycles. The van der Waals surface area contributed by atoms with Crippen molar-refractivity contribution in [3.8, 4) is 0 Å². The molecule has 0 radical (unpaired) electrons. The zero-order chi connectivity index (χ0) is 9.80. The van der Waals surface area contributed by atoms with Gasteiger partial charge in [-0.05, 0) is 25.9 Å². The summed E-state index contributed by atoms with van der Waals surface area (Å²) in [6, 6.07) is 0.104. The summed E-state index contributed by atoms with van der Waals surface area (Å²) in [4.78, 5) is 2.45. The molecule has 0 aliphatic carbocycles. The smallest absolute Gasteiger partial charge is 0.0535 e. The fourth-order valence-electron chi connectivity index (χ4n) is 1.99. The fraction of sp³-hybridized carbons (Fsp3) is 0.700. The molecule has 0 bridgehead atoms. The molecule has 1 unspecified atom stereocenters. The summed E-state index contributed by atoms with van der Waals surface area (Å²) in [6.07, 6.45) is 7.71. The number of piperidine rings is 1. The second kappa shape index (κ2) is 4.57. The molecular formula is C10H18N4. The zero-order valence-electron chi connectivity index (χ0n) is 8.45. The molecule has 1 aliphatic heterocycles. The van der Waals surface area contributed by atoms with Gasteiger partial charge in [0.2, 0.25) is 0 Å². The Hall–Kier alpha value is -0.870. The summed E-state index contributed by atoms with van der Waals surface area (Å²) in [5, 5.41) is 6.71. The Kier molecular flexibility index (Phi) is 3.16. The maximum Gasteiger partial charge on any atom is 0.0535 e. The van der Waals surface area contributed by atoms with E-state index in [9.17, 15) is 0 Å². The van der Waals surface area contributed by atoms with Crippen molar-refractivity contribution in [2.75, 3.05) is 19.6 Å². The Morgan fingerprint density at radius 2 is 2.21 bits per heavy atom. The molecule has 1 aromatic heterocycles. The number of hydrogen-bond acceptors (Lipinski definition) is 3. The molecule has 1 aromatic rings. The maximum absolute atomic E-state index is 6.07. The molecule has 0 saturated carbocycles. The predicted octanol–water partition coefficient (Wildman–Crippen LogP) is 0.895. The van der Waals surface area contributed by atoms with E-state index in [4.69, 9.17) is 5.73 Å². The molecule has 2 heterocycles. The third-order valence-electron chi connectivity index (χ3n) is 2.85. The normalized spacial score (nSPS) is 20.9. The van der Waals surface area contributed by atoms with Gasteiger partial charge in [-0.1, -0.05) is 6.42 Å². The Labute approximate surface area is 84.5 Å². The highest BCUT2D eigenvalue weighted by Gasteiger charge is 2.15. The topological polar surface area (TPSA) is 57.9 Å². The van der Waals surface area contributed by atoms with E-state index in [-0.39, 0.29) is 6.04 Å². The van der Waals surface area contributed by atoms with Gasteiger partial charge in [0.15, 0.2) is 0 Å². The fourth-order valence-corrected chi connectivity index (χ4v) is 1.99. The molecule has 4 heteroatoms. The van der Waals surface area contributed by atoms with Crippen LogP contribution in [-0.2, 0) is 0 Å². The Morgan fingerprint density at radius 1 is 1.43 bits per heavy atom. The molecule has 0 amide bonds. The van der Waals surface area contributed by atoms with Crippen molar-refractivity contribution in [3.63, 3.8) is 0 Å². The molecule has 0 aromatic carbocycles. The van der Waals surface area contributed by atoms with Gasteiger partial charge in [0.1, 0.15) is 0 Å². The van der Waals surface area contributed by atoms with Crippen LogP contribution in [0.25, 0.3) is 0 Å². The number of nitrogens with zero attached hydrogens (tertiary/aromatic N) is 2. The number of likely N-dealkylation sites (tertiary alicyclic amines) is 1. The summed E-state index contributed by atoms with van der Waals surface area (Å²) >= 11 is 0. The van der Waals surface area contributed by atoms with Gasteiger partial charge >= 0.3 is 0 Å². The highest BCUT2D eigenvalue weighted by atomic mass is 15.1. The third kappa shape index (κ3) is 2.33.